The first-order valence-electron chi connectivity index (χ1n) is 7.00. The summed E-state index contributed by atoms with van der Waals surface area (Å²) in [5.74, 6) is 1.30. The highest BCUT2D eigenvalue weighted by atomic mass is 16.2. The molecule has 3 rings (SSSR count). The van der Waals surface area contributed by atoms with Crippen molar-refractivity contribution in [1.29, 1.82) is 0 Å². The molecule has 7 nitrogen and oxygen atoms in total. The van der Waals surface area contributed by atoms with Crippen LogP contribution in [0.25, 0.3) is 11.2 Å². The lowest BCUT2D eigenvalue weighted by Crippen LogP contribution is -2.39. The number of aryl methyl sites for hydroxylation is 1. The number of hydrogen-bond acceptors (Lipinski definition) is 4. The van der Waals surface area contributed by atoms with Crippen LogP contribution in [0.2, 0.25) is 0 Å². The normalized spacial score (nSPS) is 15.2. The smallest absolute Gasteiger partial charge is 0.329 e. The average molecular weight is 277 g/mol. The van der Waals surface area contributed by atoms with Crippen molar-refractivity contribution >= 4 is 11.2 Å². The topological polar surface area (TPSA) is 87.8 Å². The van der Waals surface area contributed by atoms with Gasteiger partial charge in [-0.15, -0.1) is 0 Å². The number of fused-ring (bicyclic) bond motifs is 1. The van der Waals surface area contributed by atoms with E-state index < -0.39 is 0 Å². The van der Waals surface area contributed by atoms with Crippen molar-refractivity contribution in [2.24, 2.45) is 12.8 Å². The van der Waals surface area contributed by atoms with E-state index in [2.05, 4.69) is 4.98 Å². The summed E-state index contributed by atoms with van der Waals surface area (Å²) in [5, 5.41) is 0. The lowest BCUT2D eigenvalue weighted by molar-refractivity contribution is 0.628. The molecule has 1 fully saturated rings. The molecule has 2 N–H and O–H groups in total. The summed E-state index contributed by atoms with van der Waals surface area (Å²) < 4.78 is 4.60. The highest BCUT2D eigenvalue weighted by Gasteiger charge is 2.31. The minimum absolute atomic E-state index is 0.265. The molecule has 0 atom stereocenters. The molecule has 0 amide bonds. The predicted octanol–water partition coefficient (Wildman–Crippen LogP) is -0.247. The maximum Gasteiger partial charge on any atom is 0.332 e. The Bertz CT molecular complexity index is 779. The molecular weight excluding hydrogens is 258 g/mol. The first-order chi connectivity index (χ1) is 9.60. The van der Waals surface area contributed by atoms with Crippen LogP contribution in [0.15, 0.2) is 9.59 Å². The molecule has 1 aliphatic rings. The van der Waals surface area contributed by atoms with Crippen LogP contribution >= 0.6 is 0 Å². The van der Waals surface area contributed by atoms with Crippen LogP contribution in [0.3, 0.4) is 0 Å². The molecule has 0 spiro atoms. The molecule has 1 saturated carbocycles. The fourth-order valence-electron chi connectivity index (χ4n) is 2.68. The fraction of sp³-hybridized carbons (Fsp3) is 0.615. The Labute approximate surface area is 115 Å². The Morgan fingerprint density at radius 1 is 1.30 bits per heavy atom. The van der Waals surface area contributed by atoms with Gasteiger partial charge < -0.3 is 10.3 Å². The molecule has 0 unspecified atom stereocenters. The van der Waals surface area contributed by atoms with Gasteiger partial charge in [-0.2, -0.15) is 0 Å². The summed E-state index contributed by atoms with van der Waals surface area (Å²) in [6, 6.07) is 0. The molecule has 0 aromatic carbocycles. The van der Waals surface area contributed by atoms with Crippen LogP contribution in [-0.4, -0.2) is 25.2 Å². The molecular formula is C13H19N5O2. The number of nitrogens with two attached hydrogens (primary N) is 1. The summed E-state index contributed by atoms with van der Waals surface area (Å²) in [6.07, 6.45) is 2.17. The molecule has 2 aromatic rings. The van der Waals surface area contributed by atoms with Crippen molar-refractivity contribution in [3.05, 3.63) is 26.7 Å². The second-order valence-electron chi connectivity index (χ2n) is 5.25. The maximum absolute atomic E-state index is 12.5. The Hall–Kier alpha value is -1.89. The summed E-state index contributed by atoms with van der Waals surface area (Å²) in [6.45, 7) is 3.15. The molecule has 7 heteroatoms. The van der Waals surface area contributed by atoms with Crippen molar-refractivity contribution in [1.82, 2.24) is 18.7 Å². The zero-order chi connectivity index (χ0) is 14.4. The maximum atomic E-state index is 12.5. The SMILES string of the molecule is CCn1c(=O)c2c(nc(C3CC3)n2CCN)n(C)c1=O. The van der Waals surface area contributed by atoms with Crippen LogP contribution < -0.4 is 17.0 Å². The minimum atomic E-state index is -0.315. The Kier molecular flexibility index (Phi) is 3.01. The first-order valence-corrected chi connectivity index (χ1v) is 7.00. The number of rotatable bonds is 4. The quantitative estimate of drug-likeness (QED) is 0.835. The average Bonchev–Trinajstić information content (AvgIpc) is 3.20. The molecule has 108 valence electrons. The van der Waals surface area contributed by atoms with Gasteiger partial charge in [-0.05, 0) is 19.8 Å². The van der Waals surface area contributed by atoms with E-state index in [1.165, 1.54) is 9.13 Å². The zero-order valence-corrected chi connectivity index (χ0v) is 11.8. The van der Waals surface area contributed by atoms with Gasteiger partial charge in [0.05, 0.1) is 0 Å². The molecule has 1 aliphatic carbocycles. The highest BCUT2D eigenvalue weighted by molar-refractivity contribution is 5.71. The third kappa shape index (κ3) is 1.73. The second kappa shape index (κ2) is 4.59. The first kappa shape index (κ1) is 13.1. The van der Waals surface area contributed by atoms with E-state index in [0.717, 1.165) is 18.7 Å². The van der Waals surface area contributed by atoms with E-state index in [-0.39, 0.29) is 11.2 Å². The van der Waals surface area contributed by atoms with E-state index >= 15 is 0 Å². The molecule has 20 heavy (non-hydrogen) atoms. The minimum Gasteiger partial charge on any atom is -0.329 e. The summed E-state index contributed by atoms with van der Waals surface area (Å²) >= 11 is 0. The van der Waals surface area contributed by atoms with E-state index in [9.17, 15) is 9.59 Å². The van der Waals surface area contributed by atoms with Gasteiger partial charge in [0, 0.05) is 32.6 Å². The van der Waals surface area contributed by atoms with Crippen molar-refractivity contribution < 1.29 is 0 Å². The molecule has 0 aliphatic heterocycles. The second-order valence-corrected chi connectivity index (χ2v) is 5.25. The van der Waals surface area contributed by atoms with Crippen LogP contribution in [0.1, 0.15) is 31.5 Å². The molecule has 0 radical (unpaired) electrons. The third-order valence-corrected chi connectivity index (χ3v) is 3.87. The van der Waals surface area contributed by atoms with Gasteiger partial charge in [0.25, 0.3) is 5.56 Å². The van der Waals surface area contributed by atoms with E-state index in [0.29, 0.717) is 36.7 Å². The molecule has 2 heterocycles. The van der Waals surface area contributed by atoms with Crippen molar-refractivity contribution in [2.75, 3.05) is 6.54 Å². The summed E-state index contributed by atoms with van der Waals surface area (Å²) in [7, 11) is 1.66. The summed E-state index contributed by atoms with van der Waals surface area (Å²) in [4.78, 5) is 29.2. The number of imidazole rings is 1. The lowest BCUT2D eigenvalue weighted by Gasteiger charge is -2.08. The molecule has 2 aromatic heterocycles. The largest absolute Gasteiger partial charge is 0.332 e. The Balaban J connectivity index is 2.43. The highest BCUT2D eigenvalue weighted by Crippen LogP contribution is 2.40. The number of hydrogen-bond donors (Lipinski definition) is 1. The third-order valence-electron chi connectivity index (χ3n) is 3.87. The van der Waals surface area contributed by atoms with Gasteiger partial charge in [-0.25, -0.2) is 9.78 Å². The van der Waals surface area contributed by atoms with Gasteiger partial charge in [-0.3, -0.25) is 13.9 Å². The monoisotopic (exact) mass is 277 g/mol. The fourth-order valence-corrected chi connectivity index (χ4v) is 2.68. The molecule has 0 bridgehead atoms. The van der Waals surface area contributed by atoms with Crippen LogP contribution in [-0.2, 0) is 20.1 Å². The van der Waals surface area contributed by atoms with Crippen molar-refractivity contribution in [3.63, 3.8) is 0 Å². The van der Waals surface area contributed by atoms with Crippen LogP contribution in [0.5, 0.6) is 0 Å². The number of nitrogens with zero attached hydrogens (tertiary/aromatic N) is 4. The van der Waals surface area contributed by atoms with Gasteiger partial charge in [0.15, 0.2) is 11.2 Å². The zero-order valence-electron chi connectivity index (χ0n) is 11.8. The standard InChI is InChI=1S/C13H19N5O2/c1-3-17-12(19)9-11(16(2)13(17)20)15-10(8-4-5-8)18(9)7-6-14/h8H,3-7,14H2,1-2H3. The number of aromatic nitrogens is 4. The van der Waals surface area contributed by atoms with E-state index in [4.69, 9.17) is 5.73 Å². The lowest BCUT2D eigenvalue weighted by atomic mass is 10.4. The summed E-state index contributed by atoms with van der Waals surface area (Å²) in [5.41, 5.74) is 6.06. The van der Waals surface area contributed by atoms with Gasteiger partial charge in [0.1, 0.15) is 5.82 Å². The van der Waals surface area contributed by atoms with E-state index in [1.807, 2.05) is 4.57 Å². The van der Waals surface area contributed by atoms with Crippen LogP contribution in [0.4, 0.5) is 0 Å². The van der Waals surface area contributed by atoms with Gasteiger partial charge in [-0.1, -0.05) is 0 Å². The van der Waals surface area contributed by atoms with Crippen molar-refractivity contribution in [3.8, 4) is 0 Å². The van der Waals surface area contributed by atoms with Gasteiger partial charge >= 0.3 is 5.69 Å². The van der Waals surface area contributed by atoms with Crippen LogP contribution in [0, 0.1) is 0 Å². The van der Waals surface area contributed by atoms with Gasteiger partial charge in [0.2, 0.25) is 0 Å². The molecule has 0 saturated heterocycles. The Morgan fingerprint density at radius 3 is 2.55 bits per heavy atom. The predicted molar refractivity (Wildman–Crippen MR) is 75.9 cm³/mol. The Morgan fingerprint density at radius 2 is 2.00 bits per heavy atom. The van der Waals surface area contributed by atoms with Crippen molar-refractivity contribution in [2.45, 2.75) is 38.8 Å². The van der Waals surface area contributed by atoms with E-state index in [1.54, 1.807) is 14.0 Å².